The predicted octanol–water partition coefficient (Wildman–Crippen LogP) is 3.37. The van der Waals surface area contributed by atoms with Gasteiger partial charge in [-0.1, -0.05) is 48.6 Å². The zero-order valence-corrected chi connectivity index (χ0v) is 14.7. The van der Waals surface area contributed by atoms with E-state index in [4.69, 9.17) is 10.5 Å². The Kier molecular flexibility index (Phi) is 6.97. The molecule has 0 aliphatic heterocycles. The normalized spacial score (nSPS) is 12.0. The van der Waals surface area contributed by atoms with Crippen LogP contribution >= 0.6 is 0 Å². The molecule has 0 bridgehead atoms. The lowest BCUT2D eigenvalue weighted by atomic mass is 10.0. The highest BCUT2D eigenvalue weighted by Gasteiger charge is 2.23. The van der Waals surface area contributed by atoms with E-state index in [9.17, 15) is 14.7 Å². The summed E-state index contributed by atoms with van der Waals surface area (Å²) in [6.07, 6.45) is 4.45. The van der Waals surface area contributed by atoms with E-state index < -0.39 is 11.9 Å². The van der Waals surface area contributed by atoms with E-state index in [2.05, 4.69) is 0 Å². The fraction of sp³-hybridized carbons (Fsp3) is 0.238. The highest BCUT2D eigenvalue weighted by atomic mass is 16.5. The molecule has 0 radical (unpaired) electrons. The number of hydrogen-bond donors (Lipinski definition) is 2. The second-order valence-electron chi connectivity index (χ2n) is 6.02. The minimum absolute atomic E-state index is 0.0209. The van der Waals surface area contributed by atoms with Gasteiger partial charge in [0.05, 0.1) is 12.3 Å². The Balaban J connectivity index is 1.86. The number of anilines is 1. The van der Waals surface area contributed by atoms with Gasteiger partial charge >= 0.3 is 5.97 Å². The molecular weight excluding hydrogens is 330 g/mol. The first kappa shape index (κ1) is 19.2. The number of ketones is 1. The summed E-state index contributed by atoms with van der Waals surface area (Å²) < 4.78 is 5.25. The molecule has 2 aromatic rings. The van der Waals surface area contributed by atoms with Gasteiger partial charge in [0.1, 0.15) is 17.5 Å². The number of Topliss-reactive ketones (excluding diaryl/α,β-unsaturated/α-hetero) is 1. The van der Waals surface area contributed by atoms with E-state index in [1.807, 2.05) is 42.5 Å². The molecule has 5 heteroatoms. The van der Waals surface area contributed by atoms with Crippen LogP contribution < -0.4 is 5.73 Å². The van der Waals surface area contributed by atoms with Crippen LogP contribution in [0, 0.1) is 5.92 Å². The SMILES string of the molecule is CC(=O)C(C/C=C/c1ccccc1)C(=O)OCCc1ccc(O)c(N)c1. The number of allylic oxidation sites excluding steroid dienone is 1. The Hall–Kier alpha value is -3.08. The molecule has 26 heavy (non-hydrogen) atoms. The highest BCUT2D eigenvalue weighted by Crippen LogP contribution is 2.20. The van der Waals surface area contributed by atoms with Crippen molar-refractivity contribution in [2.24, 2.45) is 5.92 Å². The maximum atomic E-state index is 12.2. The number of aromatic hydroxyl groups is 1. The summed E-state index contributed by atoms with van der Waals surface area (Å²) in [7, 11) is 0. The number of hydrogen-bond acceptors (Lipinski definition) is 5. The van der Waals surface area contributed by atoms with Gasteiger partial charge in [0.15, 0.2) is 0 Å². The Labute approximate surface area is 153 Å². The van der Waals surface area contributed by atoms with Gasteiger partial charge in [0, 0.05) is 6.42 Å². The Morgan fingerprint density at radius 2 is 1.92 bits per heavy atom. The summed E-state index contributed by atoms with van der Waals surface area (Å²) in [6.45, 7) is 1.54. The molecule has 2 aromatic carbocycles. The van der Waals surface area contributed by atoms with Crippen molar-refractivity contribution < 1.29 is 19.4 Å². The summed E-state index contributed by atoms with van der Waals surface area (Å²) in [4.78, 5) is 24.0. The molecule has 0 saturated heterocycles. The van der Waals surface area contributed by atoms with Crippen LogP contribution in [0.15, 0.2) is 54.6 Å². The third kappa shape index (κ3) is 5.77. The quantitative estimate of drug-likeness (QED) is 0.329. The number of phenolic OH excluding ortho intramolecular Hbond substituents is 1. The van der Waals surface area contributed by atoms with Crippen LogP contribution in [0.3, 0.4) is 0 Å². The standard InChI is InChI=1S/C21H23NO4/c1-15(23)18(9-5-8-16-6-3-2-4-7-16)21(25)26-13-12-17-10-11-20(24)19(22)14-17/h2-8,10-11,14,18,24H,9,12-13,22H2,1H3/b8-5+. The highest BCUT2D eigenvalue weighted by molar-refractivity contribution is 5.97. The minimum atomic E-state index is -0.806. The molecule has 136 valence electrons. The number of phenols is 1. The topological polar surface area (TPSA) is 89.6 Å². The second kappa shape index (κ2) is 9.42. The number of rotatable bonds is 8. The lowest BCUT2D eigenvalue weighted by Crippen LogP contribution is -2.24. The molecular formula is C21H23NO4. The summed E-state index contributed by atoms with van der Waals surface area (Å²) in [5, 5.41) is 9.40. The molecule has 0 amide bonds. The average Bonchev–Trinajstić information content (AvgIpc) is 2.62. The summed E-state index contributed by atoms with van der Waals surface area (Å²) >= 11 is 0. The van der Waals surface area contributed by atoms with Gasteiger partial charge in [-0.2, -0.15) is 0 Å². The number of benzene rings is 2. The van der Waals surface area contributed by atoms with Crippen molar-refractivity contribution >= 4 is 23.5 Å². The van der Waals surface area contributed by atoms with Crippen molar-refractivity contribution in [1.82, 2.24) is 0 Å². The number of esters is 1. The maximum absolute atomic E-state index is 12.2. The van der Waals surface area contributed by atoms with Crippen LogP contribution in [0.4, 0.5) is 5.69 Å². The fourth-order valence-electron chi connectivity index (χ4n) is 2.46. The van der Waals surface area contributed by atoms with Crippen molar-refractivity contribution in [2.75, 3.05) is 12.3 Å². The third-order valence-corrected chi connectivity index (χ3v) is 3.98. The van der Waals surface area contributed by atoms with Crippen LogP contribution in [0.2, 0.25) is 0 Å². The number of carbonyl (C=O) groups is 2. The Morgan fingerprint density at radius 3 is 2.58 bits per heavy atom. The van der Waals surface area contributed by atoms with Gasteiger partial charge in [-0.3, -0.25) is 9.59 Å². The van der Waals surface area contributed by atoms with Gasteiger partial charge in [-0.05, 0) is 36.6 Å². The van der Waals surface area contributed by atoms with Gasteiger partial charge in [-0.15, -0.1) is 0 Å². The van der Waals surface area contributed by atoms with Crippen LogP contribution in [-0.4, -0.2) is 23.5 Å². The van der Waals surface area contributed by atoms with E-state index in [0.717, 1.165) is 11.1 Å². The maximum Gasteiger partial charge on any atom is 0.316 e. The van der Waals surface area contributed by atoms with Crippen LogP contribution in [0.5, 0.6) is 5.75 Å². The lowest BCUT2D eigenvalue weighted by Gasteiger charge is -2.12. The Bertz CT molecular complexity index is 784. The van der Waals surface area contributed by atoms with Crippen molar-refractivity contribution in [3.05, 3.63) is 65.7 Å². The zero-order chi connectivity index (χ0) is 18.9. The van der Waals surface area contributed by atoms with E-state index in [-0.39, 0.29) is 23.8 Å². The van der Waals surface area contributed by atoms with E-state index in [1.54, 1.807) is 12.1 Å². The lowest BCUT2D eigenvalue weighted by molar-refractivity contribution is -0.151. The molecule has 0 aromatic heterocycles. The van der Waals surface area contributed by atoms with E-state index in [0.29, 0.717) is 12.8 Å². The molecule has 0 aliphatic rings. The molecule has 0 spiro atoms. The molecule has 0 fully saturated rings. The molecule has 0 aliphatic carbocycles. The van der Waals surface area contributed by atoms with Gasteiger partial charge < -0.3 is 15.6 Å². The number of nitrogens with two attached hydrogens (primary N) is 1. The first-order chi connectivity index (χ1) is 12.5. The first-order valence-corrected chi connectivity index (χ1v) is 8.43. The number of carbonyl (C=O) groups excluding carboxylic acids is 2. The molecule has 0 saturated carbocycles. The second-order valence-corrected chi connectivity index (χ2v) is 6.02. The minimum Gasteiger partial charge on any atom is -0.506 e. The van der Waals surface area contributed by atoms with Crippen molar-refractivity contribution in [3.8, 4) is 5.75 Å². The molecule has 0 heterocycles. The molecule has 2 rings (SSSR count). The van der Waals surface area contributed by atoms with Crippen LogP contribution in [0.25, 0.3) is 6.08 Å². The number of ether oxygens (including phenoxy) is 1. The molecule has 1 atom stereocenters. The molecule has 5 nitrogen and oxygen atoms in total. The van der Waals surface area contributed by atoms with Gasteiger partial charge in [-0.25, -0.2) is 0 Å². The fourth-order valence-corrected chi connectivity index (χ4v) is 2.46. The molecule has 3 N–H and O–H groups in total. The van der Waals surface area contributed by atoms with E-state index in [1.165, 1.54) is 13.0 Å². The molecule has 1 unspecified atom stereocenters. The van der Waals surface area contributed by atoms with Crippen LogP contribution in [-0.2, 0) is 20.7 Å². The summed E-state index contributed by atoms with van der Waals surface area (Å²) in [5.74, 6) is -1.53. The Morgan fingerprint density at radius 1 is 1.19 bits per heavy atom. The largest absolute Gasteiger partial charge is 0.506 e. The average molecular weight is 353 g/mol. The summed E-state index contributed by atoms with van der Waals surface area (Å²) in [5.41, 5.74) is 7.76. The summed E-state index contributed by atoms with van der Waals surface area (Å²) in [6, 6.07) is 14.5. The van der Waals surface area contributed by atoms with Crippen molar-refractivity contribution in [3.63, 3.8) is 0 Å². The number of nitrogen functional groups attached to an aromatic ring is 1. The smallest absolute Gasteiger partial charge is 0.316 e. The van der Waals surface area contributed by atoms with Gasteiger partial charge in [0.25, 0.3) is 0 Å². The van der Waals surface area contributed by atoms with Crippen molar-refractivity contribution in [2.45, 2.75) is 19.8 Å². The third-order valence-electron chi connectivity index (χ3n) is 3.98. The monoisotopic (exact) mass is 353 g/mol. The van der Waals surface area contributed by atoms with Crippen LogP contribution in [0.1, 0.15) is 24.5 Å². The first-order valence-electron chi connectivity index (χ1n) is 8.43. The zero-order valence-electron chi connectivity index (χ0n) is 14.7. The van der Waals surface area contributed by atoms with Crippen molar-refractivity contribution in [1.29, 1.82) is 0 Å². The van der Waals surface area contributed by atoms with Gasteiger partial charge in [0.2, 0.25) is 0 Å². The predicted molar refractivity (Wildman–Crippen MR) is 101 cm³/mol. The van der Waals surface area contributed by atoms with E-state index >= 15 is 0 Å².